The molecule has 3 N–H and O–H groups in total. The Balaban J connectivity index is 0. The van der Waals surface area contributed by atoms with Crippen LogP contribution in [0, 0.1) is 5.92 Å². The second kappa shape index (κ2) is 8.42. The fraction of sp³-hybridized carbons (Fsp3) is 0.750. The molecule has 0 spiro atoms. The molecule has 0 heterocycles. The van der Waals surface area contributed by atoms with E-state index in [-0.39, 0.29) is 23.8 Å². The number of hydrogen-bond acceptors (Lipinski definition) is 5. The number of hydrogen-bond donors (Lipinski definition) is 2. The summed E-state index contributed by atoms with van der Waals surface area (Å²) >= 11 is 0. The van der Waals surface area contributed by atoms with Crippen molar-refractivity contribution in [3.8, 4) is 0 Å². The third-order valence-corrected chi connectivity index (χ3v) is 2.50. The summed E-state index contributed by atoms with van der Waals surface area (Å²) in [6.07, 6.45) is 0.707. The second-order valence-corrected chi connectivity index (χ2v) is 6.16. The van der Waals surface area contributed by atoms with Gasteiger partial charge in [0.1, 0.15) is 0 Å². The Kier molecular flexibility index (Phi) is 9.11. The topological polar surface area (TPSA) is 107 Å². The molecule has 0 aliphatic rings. The van der Waals surface area contributed by atoms with Crippen LogP contribution >= 0.6 is 0 Å². The van der Waals surface area contributed by atoms with Gasteiger partial charge in [-0.05, 0) is 39.7 Å². The zero-order valence-corrected chi connectivity index (χ0v) is 13.1. The van der Waals surface area contributed by atoms with Crippen LogP contribution in [-0.2, 0) is 19.4 Å². The Hall–Kier alpha value is -0.760. The van der Waals surface area contributed by atoms with Crippen molar-refractivity contribution in [1.82, 2.24) is 0 Å². The maximum absolute atomic E-state index is 11.4. The Morgan fingerprint density at radius 3 is 2.05 bits per heavy atom. The van der Waals surface area contributed by atoms with Crippen LogP contribution in [0.15, 0.2) is 12.2 Å². The molecule has 19 heavy (non-hydrogen) atoms. The van der Waals surface area contributed by atoms with E-state index in [0.29, 0.717) is 12.0 Å². The highest BCUT2D eigenvalue weighted by Gasteiger charge is 2.21. The van der Waals surface area contributed by atoms with Crippen LogP contribution in [0.1, 0.15) is 41.0 Å². The highest BCUT2D eigenvalue weighted by molar-refractivity contribution is 7.80. The van der Waals surface area contributed by atoms with Gasteiger partial charge in [0.15, 0.2) is 5.78 Å². The van der Waals surface area contributed by atoms with Crippen LogP contribution < -0.4 is 5.73 Å². The van der Waals surface area contributed by atoms with Gasteiger partial charge < -0.3 is 5.73 Å². The second-order valence-electron chi connectivity index (χ2n) is 5.07. The van der Waals surface area contributed by atoms with E-state index < -0.39 is 10.4 Å². The molecule has 0 saturated heterocycles. The minimum atomic E-state index is -4.17. The molecule has 1 unspecified atom stereocenters. The van der Waals surface area contributed by atoms with E-state index in [1.165, 1.54) is 6.92 Å². The van der Waals surface area contributed by atoms with Crippen LogP contribution in [0.5, 0.6) is 0 Å². The summed E-state index contributed by atoms with van der Waals surface area (Å²) in [6, 6.07) is 0. The molecular formula is C12H25NO5S. The van der Waals surface area contributed by atoms with Crippen LogP contribution in [0.2, 0.25) is 0 Å². The zero-order valence-electron chi connectivity index (χ0n) is 12.3. The summed E-state index contributed by atoms with van der Waals surface area (Å²) in [7, 11) is -4.17. The smallest absolute Gasteiger partial charge is 0.326 e. The number of carbonyl (C=O) groups is 1. The van der Waals surface area contributed by atoms with Gasteiger partial charge in [0.25, 0.3) is 0 Å². The SMILES string of the molecule is C=C(C)C(=O)C(C)CC(C)(C)N.CCOS(=O)(=O)O. The van der Waals surface area contributed by atoms with Crippen LogP contribution in [0.25, 0.3) is 0 Å². The zero-order chi connectivity index (χ0) is 15.9. The van der Waals surface area contributed by atoms with E-state index in [2.05, 4.69) is 10.8 Å². The quantitative estimate of drug-likeness (QED) is 0.571. The summed E-state index contributed by atoms with van der Waals surface area (Å²) in [5.74, 6) is 0.107. The molecule has 0 aromatic rings. The molecule has 1 atom stereocenters. The number of ketones is 1. The molecule has 0 saturated carbocycles. The molecule has 0 fully saturated rings. The summed E-state index contributed by atoms with van der Waals surface area (Å²) < 4.78 is 30.7. The van der Waals surface area contributed by atoms with Crippen molar-refractivity contribution in [2.75, 3.05) is 6.61 Å². The monoisotopic (exact) mass is 295 g/mol. The first-order valence-electron chi connectivity index (χ1n) is 5.90. The number of nitrogens with two attached hydrogens (primary N) is 1. The molecule has 0 amide bonds. The van der Waals surface area contributed by atoms with Gasteiger partial charge in [-0.2, -0.15) is 8.42 Å². The fourth-order valence-corrected chi connectivity index (χ4v) is 1.75. The van der Waals surface area contributed by atoms with Crippen molar-refractivity contribution < 1.29 is 21.9 Å². The van der Waals surface area contributed by atoms with Crippen molar-refractivity contribution in [2.45, 2.75) is 46.6 Å². The normalized spacial score (nSPS) is 13.2. The number of rotatable bonds is 6. The molecular weight excluding hydrogens is 270 g/mol. The van der Waals surface area contributed by atoms with Crippen molar-refractivity contribution in [3.63, 3.8) is 0 Å². The summed E-state index contributed by atoms with van der Waals surface area (Å²) in [4.78, 5) is 11.4. The molecule has 6 nitrogen and oxygen atoms in total. The minimum absolute atomic E-state index is 0.0116. The molecule has 0 bridgehead atoms. The largest absolute Gasteiger partial charge is 0.397 e. The van der Waals surface area contributed by atoms with Crippen LogP contribution in [-0.4, -0.2) is 30.9 Å². The molecule has 0 rings (SSSR count). The average molecular weight is 295 g/mol. The summed E-state index contributed by atoms with van der Waals surface area (Å²) in [6.45, 7) is 12.5. The fourth-order valence-electron chi connectivity index (χ4n) is 1.45. The van der Waals surface area contributed by atoms with Gasteiger partial charge in [0.05, 0.1) is 6.61 Å². The van der Waals surface area contributed by atoms with Crippen LogP contribution in [0.3, 0.4) is 0 Å². The van der Waals surface area contributed by atoms with Crippen molar-refractivity contribution in [3.05, 3.63) is 12.2 Å². The Labute approximate surface area is 116 Å². The lowest BCUT2D eigenvalue weighted by molar-refractivity contribution is -0.119. The maximum Gasteiger partial charge on any atom is 0.397 e. The first-order chi connectivity index (χ1) is 8.30. The summed E-state index contributed by atoms with van der Waals surface area (Å²) in [5.41, 5.74) is 6.14. The lowest BCUT2D eigenvalue weighted by Crippen LogP contribution is -2.35. The minimum Gasteiger partial charge on any atom is -0.326 e. The average Bonchev–Trinajstić information content (AvgIpc) is 2.12. The van der Waals surface area contributed by atoms with E-state index in [1.54, 1.807) is 6.92 Å². The van der Waals surface area contributed by atoms with Gasteiger partial charge in [0, 0.05) is 11.5 Å². The Bertz CT molecular complexity index is 395. The Morgan fingerprint density at radius 2 is 1.89 bits per heavy atom. The number of Topliss-reactive ketones (excluding diaryl/α,β-unsaturated/α-hetero) is 1. The highest BCUT2D eigenvalue weighted by Crippen LogP contribution is 2.16. The van der Waals surface area contributed by atoms with Gasteiger partial charge in [-0.1, -0.05) is 13.5 Å². The van der Waals surface area contributed by atoms with E-state index in [4.69, 9.17) is 10.3 Å². The molecule has 7 heteroatoms. The standard InChI is InChI=1S/C10H19NO.C2H6O4S/c1-7(2)9(12)8(3)6-10(4,5)11;1-2-6-7(3,4)5/h8H,1,6,11H2,2-5H3;2H2,1H3,(H,3,4,5). The molecule has 114 valence electrons. The van der Waals surface area contributed by atoms with E-state index in [1.807, 2.05) is 20.8 Å². The third kappa shape index (κ3) is 15.2. The van der Waals surface area contributed by atoms with Gasteiger partial charge >= 0.3 is 10.4 Å². The molecule has 0 aliphatic carbocycles. The van der Waals surface area contributed by atoms with Gasteiger partial charge in [-0.3, -0.25) is 9.35 Å². The predicted molar refractivity (Wildman–Crippen MR) is 75.0 cm³/mol. The lowest BCUT2D eigenvalue weighted by Gasteiger charge is -2.22. The van der Waals surface area contributed by atoms with Gasteiger partial charge in [-0.25, -0.2) is 4.18 Å². The first kappa shape index (κ1) is 20.6. The number of allylic oxidation sites excluding steroid dienone is 1. The Morgan fingerprint density at radius 1 is 1.47 bits per heavy atom. The van der Waals surface area contributed by atoms with Crippen LogP contribution in [0.4, 0.5) is 0 Å². The molecule has 0 radical (unpaired) electrons. The molecule has 0 aliphatic heterocycles. The summed E-state index contributed by atoms with van der Waals surface area (Å²) in [5, 5.41) is 0. The van der Waals surface area contributed by atoms with Crippen molar-refractivity contribution in [2.24, 2.45) is 11.7 Å². The van der Waals surface area contributed by atoms with Gasteiger partial charge in [-0.15, -0.1) is 0 Å². The van der Waals surface area contributed by atoms with E-state index in [9.17, 15) is 13.2 Å². The van der Waals surface area contributed by atoms with E-state index in [0.717, 1.165) is 0 Å². The predicted octanol–water partition coefficient (Wildman–Crippen LogP) is 1.72. The van der Waals surface area contributed by atoms with E-state index >= 15 is 0 Å². The molecule has 0 aromatic heterocycles. The maximum atomic E-state index is 11.4. The first-order valence-corrected chi connectivity index (χ1v) is 7.27. The van der Waals surface area contributed by atoms with Crippen molar-refractivity contribution in [1.29, 1.82) is 0 Å². The van der Waals surface area contributed by atoms with Crippen molar-refractivity contribution >= 4 is 16.2 Å². The molecule has 0 aromatic carbocycles. The highest BCUT2D eigenvalue weighted by atomic mass is 32.3. The number of carbonyl (C=O) groups excluding carboxylic acids is 1. The van der Waals surface area contributed by atoms with Gasteiger partial charge in [0.2, 0.25) is 0 Å². The lowest BCUT2D eigenvalue weighted by atomic mass is 9.88. The third-order valence-electron chi connectivity index (χ3n) is 1.97.